The van der Waals surface area contributed by atoms with Crippen LogP contribution in [0.3, 0.4) is 0 Å². The summed E-state index contributed by atoms with van der Waals surface area (Å²) in [7, 11) is 0. The van der Waals surface area contributed by atoms with Crippen LogP contribution in [0.1, 0.15) is 15.4 Å². The van der Waals surface area contributed by atoms with Gasteiger partial charge in [0.1, 0.15) is 5.82 Å². The van der Waals surface area contributed by atoms with Gasteiger partial charge in [-0.25, -0.2) is 15.8 Å². The van der Waals surface area contributed by atoms with Gasteiger partial charge in [0.2, 0.25) is 0 Å². The fourth-order valence-electron chi connectivity index (χ4n) is 1.38. The van der Waals surface area contributed by atoms with Crippen LogP contribution in [0.25, 0.3) is 0 Å². The molecule has 2 aromatic heterocycles. The maximum Gasteiger partial charge on any atom is 0.252 e. The number of aromatic nitrogens is 2. The zero-order chi connectivity index (χ0) is 12.8. The van der Waals surface area contributed by atoms with E-state index in [1.54, 1.807) is 29.7 Å². The zero-order valence-electron chi connectivity index (χ0n) is 9.59. The molecule has 2 heterocycles. The molecule has 2 aromatic rings. The molecular weight excluding hydrogens is 250 g/mol. The normalized spacial score (nSPS) is 10.1. The van der Waals surface area contributed by atoms with Crippen LogP contribution in [0.2, 0.25) is 0 Å². The molecule has 0 bridgehead atoms. The number of carbonyl (C=O) groups excluding carboxylic acids is 1. The lowest BCUT2D eigenvalue weighted by molar-refractivity contribution is 0.0954. The molecular formula is C11H13N5OS. The molecule has 0 spiro atoms. The van der Waals surface area contributed by atoms with Gasteiger partial charge in [0.25, 0.3) is 5.91 Å². The summed E-state index contributed by atoms with van der Waals surface area (Å²) in [4.78, 5) is 19.9. The Kier molecular flexibility index (Phi) is 4.21. The van der Waals surface area contributed by atoms with Gasteiger partial charge < -0.3 is 10.7 Å². The summed E-state index contributed by atoms with van der Waals surface area (Å²) in [5.41, 5.74) is 2.91. The lowest BCUT2D eigenvalue weighted by atomic mass is 10.2. The fourth-order valence-corrected chi connectivity index (χ4v) is 2.00. The lowest BCUT2D eigenvalue weighted by Gasteiger charge is -2.04. The maximum absolute atomic E-state index is 11.8. The number of hydrogen-bond donors (Lipinski definition) is 3. The summed E-state index contributed by atoms with van der Waals surface area (Å²) in [6, 6.07) is 3.32. The fraction of sp³-hybridized carbons (Fsp3) is 0.182. The Balaban J connectivity index is 1.83. The van der Waals surface area contributed by atoms with Gasteiger partial charge in [-0.05, 0) is 12.1 Å². The summed E-state index contributed by atoms with van der Waals surface area (Å²) in [6.07, 6.45) is 3.97. The van der Waals surface area contributed by atoms with Gasteiger partial charge in [0.15, 0.2) is 0 Å². The van der Waals surface area contributed by atoms with E-state index in [-0.39, 0.29) is 5.91 Å². The number of hydrazine groups is 1. The second-order valence-electron chi connectivity index (χ2n) is 3.51. The monoisotopic (exact) mass is 263 g/mol. The van der Waals surface area contributed by atoms with Crippen LogP contribution in [0.15, 0.2) is 29.9 Å². The van der Waals surface area contributed by atoms with Crippen molar-refractivity contribution in [2.45, 2.75) is 6.42 Å². The first-order chi connectivity index (χ1) is 8.79. The van der Waals surface area contributed by atoms with Crippen molar-refractivity contribution in [3.63, 3.8) is 0 Å². The number of nitrogen functional groups attached to an aromatic ring is 1. The Morgan fingerprint density at radius 1 is 1.39 bits per heavy atom. The number of thiazole rings is 1. The van der Waals surface area contributed by atoms with Crippen LogP contribution in [-0.4, -0.2) is 22.4 Å². The first kappa shape index (κ1) is 12.5. The van der Waals surface area contributed by atoms with E-state index in [1.807, 2.05) is 5.38 Å². The molecule has 0 unspecified atom stereocenters. The Morgan fingerprint density at radius 3 is 2.89 bits per heavy atom. The van der Waals surface area contributed by atoms with Crippen LogP contribution in [0.5, 0.6) is 0 Å². The molecule has 0 saturated heterocycles. The van der Waals surface area contributed by atoms with Gasteiger partial charge in [0, 0.05) is 30.7 Å². The van der Waals surface area contributed by atoms with Crippen molar-refractivity contribution in [2.24, 2.45) is 5.84 Å². The van der Waals surface area contributed by atoms with Gasteiger partial charge in [-0.1, -0.05) is 0 Å². The Labute approximate surface area is 108 Å². The van der Waals surface area contributed by atoms with Crippen molar-refractivity contribution >= 4 is 23.1 Å². The summed E-state index contributed by atoms with van der Waals surface area (Å²) < 4.78 is 0. The van der Waals surface area contributed by atoms with Gasteiger partial charge in [-0.15, -0.1) is 11.3 Å². The molecule has 0 atom stereocenters. The third kappa shape index (κ3) is 3.25. The molecule has 0 saturated carbocycles. The van der Waals surface area contributed by atoms with Crippen LogP contribution < -0.4 is 16.6 Å². The zero-order valence-corrected chi connectivity index (χ0v) is 10.4. The highest BCUT2D eigenvalue weighted by molar-refractivity contribution is 7.09. The SMILES string of the molecule is NNc1ccc(C(=O)NCCc2nccs2)cn1. The van der Waals surface area contributed by atoms with Crippen LogP contribution in [-0.2, 0) is 6.42 Å². The van der Waals surface area contributed by atoms with Gasteiger partial charge in [-0.3, -0.25) is 4.79 Å². The van der Waals surface area contributed by atoms with E-state index < -0.39 is 0 Å². The van der Waals surface area contributed by atoms with Crippen molar-refractivity contribution in [1.29, 1.82) is 0 Å². The van der Waals surface area contributed by atoms with Crippen molar-refractivity contribution in [3.8, 4) is 0 Å². The molecule has 7 heteroatoms. The number of rotatable bonds is 5. The minimum atomic E-state index is -0.150. The maximum atomic E-state index is 11.8. The topological polar surface area (TPSA) is 92.9 Å². The molecule has 0 aliphatic rings. The number of nitrogens with zero attached hydrogens (tertiary/aromatic N) is 2. The number of nitrogens with one attached hydrogen (secondary N) is 2. The van der Waals surface area contributed by atoms with Crippen molar-refractivity contribution in [3.05, 3.63) is 40.5 Å². The average molecular weight is 263 g/mol. The van der Waals surface area contributed by atoms with Crippen LogP contribution in [0, 0.1) is 0 Å². The number of nitrogens with two attached hydrogens (primary N) is 1. The highest BCUT2D eigenvalue weighted by Crippen LogP contribution is 2.05. The van der Waals surface area contributed by atoms with Crippen LogP contribution >= 0.6 is 11.3 Å². The van der Waals surface area contributed by atoms with E-state index in [0.717, 1.165) is 11.4 Å². The van der Waals surface area contributed by atoms with Crippen molar-refractivity contribution in [2.75, 3.05) is 12.0 Å². The van der Waals surface area contributed by atoms with E-state index in [0.29, 0.717) is 17.9 Å². The highest BCUT2D eigenvalue weighted by atomic mass is 32.1. The summed E-state index contributed by atoms with van der Waals surface area (Å²) in [6.45, 7) is 0.559. The molecule has 0 aromatic carbocycles. The quantitative estimate of drug-likeness (QED) is 0.548. The smallest absolute Gasteiger partial charge is 0.252 e. The Bertz CT molecular complexity index is 497. The standard InChI is InChI=1S/C11H13N5OS/c12-16-9-2-1-8(7-15-9)11(17)14-4-3-10-13-5-6-18-10/h1-2,5-7H,3-4,12H2,(H,14,17)(H,15,16). The number of pyridine rings is 1. The Hall–Kier alpha value is -1.99. The summed E-state index contributed by atoms with van der Waals surface area (Å²) in [5.74, 6) is 5.56. The molecule has 0 aliphatic heterocycles. The first-order valence-electron chi connectivity index (χ1n) is 5.39. The molecule has 94 valence electrons. The number of amides is 1. The van der Waals surface area contributed by atoms with Crippen LogP contribution in [0.4, 0.5) is 5.82 Å². The second kappa shape index (κ2) is 6.08. The van der Waals surface area contributed by atoms with E-state index >= 15 is 0 Å². The van der Waals surface area contributed by atoms with Gasteiger partial charge in [0.05, 0.1) is 10.6 Å². The molecule has 2 rings (SSSR count). The van der Waals surface area contributed by atoms with Gasteiger partial charge >= 0.3 is 0 Å². The van der Waals surface area contributed by atoms with E-state index in [9.17, 15) is 4.79 Å². The van der Waals surface area contributed by atoms with Crippen molar-refractivity contribution in [1.82, 2.24) is 15.3 Å². The molecule has 18 heavy (non-hydrogen) atoms. The number of anilines is 1. The van der Waals surface area contributed by atoms with E-state index in [4.69, 9.17) is 5.84 Å². The molecule has 6 nitrogen and oxygen atoms in total. The number of hydrogen-bond acceptors (Lipinski definition) is 6. The third-order valence-corrected chi connectivity index (χ3v) is 3.12. The predicted octanol–water partition coefficient (Wildman–Crippen LogP) is 0.796. The predicted molar refractivity (Wildman–Crippen MR) is 70.2 cm³/mol. The minimum absolute atomic E-state index is 0.150. The van der Waals surface area contributed by atoms with E-state index in [1.165, 1.54) is 6.20 Å². The van der Waals surface area contributed by atoms with E-state index in [2.05, 4.69) is 20.7 Å². The summed E-state index contributed by atoms with van der Waals surface area (Å²) >= 11 is 1.58. The molecule has 1 amide bonds. The minimum Gasteiger partial charge on any atom is -0.352 e. The molecule has 0 radical (unpaired) electrons. The lowest BCUT2D eigenvalue weighted by Crippen LogP contribution is -2.25. The molecule has 0 aliphatic carbocycles. The first-order valence-corrected chi connectivity index (χ1v) is 6.27. The second-order valence-corrected chi connectivity index (χ2v) is 4.49. The summed E-state index contributed by atoms with van der Waals surface area (Å²) in [5, 5.41) is 5.74. The molecule has 4 N–H and O–H groups in total. The largest absolute Gasteiger partial charge is 0.352 e. The molecule has 0 fully saturated rings. The average Bonchev–Trinajstić information content (AvgIpc) is 2.92. The highest BCUT2D eigenvalue weighted by Gasteiger charge is 2.05. The van der Waals surface area contributed by atoms with Crippen molar-refractivity contribution < 1.29 is 4.79 Å². The third-order valence-electron chi connectivity index (χ3n) is 2.28. The Morgan fingerprint density at radius 2 is 2.28 bits per heavy atom. The number of carbonyl (C=O) groups is 1. The van der Waals surface area contributed by atoms with Gasteiger partial charge in [-0.2, -0.15) is 0 Å².